The van der Waals surface area contributed by atoms with Gasteiger partial charge in [-0.05, 0) is 31.9 Å². The van der Waals surface area contributed by atoms with E-state index in [-0.39, 0.29) is 0 Å². The summed E-state index contributed by atoms with van der Waals surface area (Å²) in [6.07, 6.45) is 1.03. The second kappa shape index (κ2) is 4.87. The van der Waals surface area contributed by atoms with Crippen molar-refractivity contribution in [1.82, 2.24) is 0 Å². The molecule has 1 rings (SSSR count). The zero-order chi connectivity index (χ0) is 9.68. The second-order valence-corrected chi connectivity index (χ2v) is 3.27. The zero-order valence-electron chi connectivity index (χ0n) is 8.55. The monoisotopic (exact) mass is 179 g/mol. The maximum Gasteiger partial charge on any atom is 0.0743 e. The molecule has 0 aliphatic heterocycles. The van der Waals surface area contributed by atoms with Crippen LogP contribution in [0.15, 0.2) is 18.2 Å². The third-order valence-electron chi connectivity index (χ3n) is 1.87. The maximum atomic E-state index is 5.24. The molecule has 0 bridgehead atoms. The number of aryl methyl sites for hydroxylation is 2. The quantitative estimate of drug-likeness (QED) is 0.566. The van der Waals surface area contributed by atoms with E-state index in [2.05, 4.69) is 38.4 Å². The summed E-state index contributed by atoms with van der Waals surface area (Å²) in [7, 11) is 0. The molecule has 0 spiro atoms. The molecule has 0 heterocycles. The molecule has 0 unspecified atom stereocenters. The molecule has 0 saturated heterocycles. The highest BCUT2D eigenvalue weighted by atomic mass is 16.6. The Morgan fingerprint density at radius 2 is 2.08 bits per heavy atom. The first-order valence-electron chi connectivity index (χ1n) is 4.69. The summed E-state index contributed by atoms with van der Waals surface area (Å²) in [5.41, 5.74) is 6.49. The molecule has 0 aliphatic rings. The minimum Gasteiger partial charge on any atom is -0.276 e. The van der Waals surface area contributed by atoms with Gasteiger partial charge in [0, 0.05) is 0 Å². The summed E-state index contributed by atoms with van der Waals surface area (Å²) >= 11 is 0. The predicted octanol–water partition coefficient (Wildman–Crippen LogP) is 3.06. The maximum absolute atomic E-state index is 5.24. The minimum atomic E-state index is 0.743. The largest absolute Gasteiger partial charge is 0.276 e. The van der Waals surface area contributed by atoms with E-state index < -0.39 is 0 Å². The summed E-state index contributed by atoms with van der Waals surface area (Å²) in [4.78, 5) is 5.24. The van der Waals surface area contributed by atoms with Gasteiger partial charge < -0.3 is 0 Å². The van der Waals surface area contributed by atoms with Gasteiger partial charge in [0.15, 0.2) is 0 Å². The fraction of sp³-hybridized carbons (Fsp3) is 0.455. The van der Waals surface area contributed by atoms with Crippen molar-refractivity contribution in [2.75, 3.05) is 12.1 Å². The summed E-state index contributed by atoms with van der Waals surface area (Å²) < 4.78 is 0. The Balaban J connectivity index is 2.56. The van der Waals surface area contributed by atoms with Crippen molar-refractivity contribution in [2.45, 2.75) is 27.2 Å². The van der Waals surface area contributed by atoms with Crippen LogP contribution in [0.5, 0.6) is 0 Å². The van der Waals surface area contributed by atoms with Gasteiger partial charge in [0.1, 0.15) is 0 Å². The first-order chi connectivity index (χ1) is 6.24. The van der Waals surface area contributed by atoms with Gasteiger partial charge in [0.25, 0.3) is 0 Å². The van der Waals surface area contributed by atoms with Crippen molar-refractivity contribution in [3.05, 3.63) is 29.3 Å². The van der Waals surface area contributed by atoms with E-state index in [1.54, 1.807) is 0 Å². The van der Waals surface area contributed by atoms with E-state index in [1.165, 1.54) is 11.1 Å². The van der Waals surface area contributed by atoms with Gasteiger partial charge in [0.05, 0.1) is 12.3 Å². The molecule has 1 aromatic rings. The predicted molar refractivity (Wildman–Crippen MR) is 55.8 cm³/mol. The summed E-state index contributed by atoms with van der Waals surface area (Å²) in [5, 5.41) is 0. The highest BCUT2D eigenvalue weighted by molar-refractivity contribution is 5.50. The lowest BCUT2D eigenvalue weighted by atomic mass is 10.1. The van der Waals surface area contributed by atoms with Crippen LogP contribution in [0.2, 0.25) is 0 Å². The zero-order valence-corrected chi connectivity index (χ0v) is 8.55. The van der Waals surface area contributed by atoms with Crippen LogP contribution in [-0.4, -0.2) is 6.61 Å². The fourth-order valence-electron chi connectivity index (χ4n) is 1.16. The average Bonchev–Trinajstić information content (AvgIpc) is 2.09. The fourth-order valence-corrected chi connectivity index (χ4v) is 1.16. The molecule has 2 nitrogen and oxygen atoms in total. The molecule has 0 amide bonds. The van der Waals surface area contributed by atoms with E-state index in [4.69, 9.17) is 4.84 Å². The van der Waals surface area contributed by atoms with Gasteiger partial charge >= 0.3 is 0 Å². The molecular formula is C11H17NO. The average molecular weight is 179 g/mol. The summed E-state index contributed by atoms with van der Waals surface area (Å²) in [6, 6.07) is 6.25. The number of rotatable bonds is 4. The molecule has 0 aliphatic carbocycles. The first kappa shape index (κ1) is 10.1. The van der Waals surface area contributed by atoms with Crippen molar-refractivity contribution in [2.24, 2.45) is 0 Å². The SMILES string of the molecule is CCCONc1ccc(C)cc1C. The van der Waals surface area contributed by atoms with Gasteiger partial charge in [-0.1, -0.05) is 24.6 Å². The van der Waals surface area contributed by atoms with E-state index in [0.29, 0.717) is 0 Å². The Hall–Kier alpha value is -1.02. The second-order valence-electron chi connectivity index (χ2n) is 3.27. The van der Waals surface area contributed by atoms with Crippen LogP contribution in [0.4, 0.5) is 5.69 Å². The smallest absolute Gasteiger partial charge is 0.0743 e. The number of hydrogen-bond donors (Lipinski definition) is 1. The Morgan fingerprint density at radius 3 is 2.69 bits per heavy atom. The number of nitrogens with one attached hydrogen (secondary N) is 1. The molecule has 0 fully saturated rings. The van der Waals surface area contributed by atoms with Gasteiger partial charge in [-0.2, -0.15) is 0 Å². The van der Waals surface area contributed by atoms with Crippen LogP contribution in [0.25, 0.3) is 0 Å². The standard InChI is InChI=1S/C11H17NO/c1-4-7-13-12-11-6-5-9(2)8-10(11)3/h5-6,8,12H,4,7H2,1-3H3. The molecule has 1 aromatic carbocycles. The van der Waals surface area contributed by atoms with Crippen molar-refractivity contribution < 1.29 is 4.84 Å². The molecule has 0 radical (unpaired) electrons. The summed E-state index contributed by atoms with van der Waals surface area (Å²) in [6.45, 7) is 6.99. The number of benzene rings is 1. The summed E-state index contributed by atoms with van der Waals surface area (Å²) in [5.74, 6) is 0. The molecule has 1 N–H and O–H groups in total. The molecular weight excluding hydrogens is 162 g/mol. The Labute approximate surface area is 79.9 Å². The van der Waals surface area contributed by atoms with Gasteiger partial charge in [-0.15, -0.1) is 0 Å². The lowest BCUT2D eigenvalue weighted by Crippen LogP contribution is -2.03. The lowest BCUT2D eigenvalue weighted by molar-refractivity contribution is 0.194. The van der Waals surface area contributed by atoms with Crippen LogP contribution in [0.3, 0.4) is 0 Å². The Bertz CT molecular complexity index is 271. The van der Waals surface area contributed by atoms with E-state index in [1.807, 2.05) is 6.07 Å². The van der Waals surface area contributed by atoms with Crippen LogP contribution in [0, 0.1) is 13.8 Å². The van der Waals surface area contributed by atoms with Gasteiger partial charge in [-0.3, -0.25) is 10.3 Å². The normalized spacial score (nSPS) is 10.1. The highest BCUT2D eigenvalue weighted by Crippen LogP contribution is 2.15. The van der Waals surface area contributed by atoms with E-state index >= 15 is 0 Å². The number of hydrogen-bond acceptors (Lipinski definition) is 2. The lowest BCUT2D eigenvalue weighted by Gasteiger charge is -2.09. The van der Waals surface area contributed by atoms with E-state index in [9.17, 15) is 0 Å². The minimum absolute atomic E-state index is 0.743. The molecule has 0 atom stereocenters. The van der Waals surface area contributed by atoms with Crippen molar-refractivity contribution >= 4 is 5.69 Å². The van der Waals surface area contributed by atoms with Gasteiger partial charge in [-0.25, -0.2) is 0 Å². The van der Waals surface area contributed by atoms with E-state index in [0.717, 1.165) is 18.7 Å². The molecule has 0 saturated carbocycles. The Morgan fingerprint density at radius 1 is 1.31 bits per heavy atom. The molecule has 13 heavy (non-hydrogen) atoms. The first-order valence-corrected chi connectivity index (χ1v) is 4.69. The molecule has 0 aromatic heterocycles. The molecule has 2 heteroatoms. The van der Waals surface area contributed by atoms with Crippen molar-refractivity contribution in [3.63, 3.8) is 0 Å². The van der Waals surface area contributed by atoms with Crippen LogP contribution < -0.4 is 5.48 Å². The third-order valence-corrected chi connectivity index (χ3v) is 1.87. The highest BCUT2D eigenvalue weighted by Gasteiger charge is 1.96. The third kappa shape index (κ3) is 3.07. The molecule has 72 valence electrons. The van der Waals surface area contributed by atoms with Crippen LogP contribution >= 0.6 is 0 Å². The van der Waals surface area contributed by atoms with Crippen LogP contribution in [0.1, 0.15) is 24.5 Å². The van der Waals surface area contributed by atoms with Crippen molar-refractivity contribution in [1.29, 1.82) is 0 Å². The van der Waals surface area contributed by atoms with Gasteiger partial charge in [0.2, 0.25) is 0 Å². The number of anilines is 1. The Kier molecular flexibility index (Phi) is 3.77. The topological polar surface area (TPSA) is 21.3 Å². The van der Waals surface area contributed by atoms with Crippen molar-refractivity contribution in [3.8, 4) is 0 Å². The van der Waals surface area contributed by atoms with Crippen LogP contribution in [-0.2, 0) is 4.84 Å².